The summed E-state index contributed by atoms with van der Waals surface area (Å²) in [6, 6.07) is 15.1. The van der Waals surface area contributed by atoms with Crippen molar-refractivity contribution >= 4 is 17.3 Å². The first-order valence-corrected chi connectivity index (χ1v) is 11.6. The Morgan fingerprint density at radius 2 is 1.77 bits per heavy atom. The van der Waals surface area contributed by atoms with Crippen molar-refractivity contribution in [3.63, 3.8) is 0 Å². The van der Waals surface area contributed by atoms with Crippen LogP contribution in [0.4, 0.5) is 5.69 Å². The number of hydrogen-bond donors (Lipinski definition) is 1. The SMILES string of the molecule is C=C1CCC(c2cccc(-c3ccc(N4CCCCC4=C)cc3)c2Cl)C(=C)N1NCC. The van der Waals surface area contributed by atoms with E-state index in [2.05, 4.69) is 79.5 Å². The van der Waals surface area contributed by atoms with Crippen molar-refractivity contribution in [3.05, 3.63) is 89.9 Å². The quantitative estimate of drug-likeness (QED) is 0.535. The van der Waals surface area contributed by atoms with Crippen LogP contribution in [0, 0.1) is 0 Å². The highest BCUT2D eigenvalue weighted by Crippen LogP contribution is 2.43. The zero-order chi connectivity index (χ0) is 22.0. The number of rotatable bonds is 5. The fraction of sp³-hybridized carbons (Fsp3) is 0.333. The van der Waals surface area contributed by atoms with Gasteiger partial charge in [-0.25, -0.2) is 5.43 Å². The summed E-state index contributed by atoms with van der Waals surface area (Å²) in [5.41, 5.74) is 11.2. The van der Waals surface area contributed by atoms with Crippen molar-refractivity contribution in [1.82, 2.24) is 10.4 Å². The third-order valence-corrected chi connectivity index (χ3v) is 6.84. The molecule has 2 saturated heterocycles. The average molecular weight is 434 g/mol. The summed E-state index contributed by atoms with van der Waals surface area (Å²) in [7, 11) is 0. The van der Waals surface area contributed by atoms with Gasteiger partial charge in [-0.1, -0.05) is 68.6 Å². The normalized spacial score (nSPS) is 19.8. The summed E-state index contributed by atoms with van der Waals surface area (Å²) in [5, 5.41) is 2.85. The van der Waals surface area contributed by atoms with Crippen molar-refractivity contribution in [2.45, 2.75) is 44.9 Å². The number of piperidine rings is 2. The number of hydrazine groups is 1. The Labute approximate surface area is 191 Å². The molecule has 31 heavy (non-hydrogen) atoms. The Morgan fingerprint density at radius 3 is 2.48 bits per heavy atom. The summed E-state index contributed by atoms with van der Waals surface area (Å²) in [6.45, 7) is 16.8. The van der Waals surface area contributed by atoms with Crippen molar-refractivity contribution in [2.75, 3.05) is 18.0 Å². The maximum Gasteiger partial charge on any atom is 0.0523 e. The molecule has 2 fully saturated rings. The molecule has 0 aromatic heterocycles. The minimum atomic E-state index is 0.174. The molecule has 0 amide bonds. The smallest absolute Gasteiger partial charge is 0.0523 e. The van der Waals surface area contributed by atoms with Gasteiger partial charge in [0, 0.05) is 47.3 Å². The highest BCUT2D eigenvalue weighted by Gasteiger charge is 2.29. The summed E-state index contributed by atoms with van der Waals surface area (Å²) in [4.78, 5) is 2.33. The molecular weight excluding hydrogens is 402 g/mol. The van der Waals surface area contributed by atoms with Crippen LogP contribution in [0.5, 0.6) is 0 Å². The largest absolute Gasteiger partial charge is 0.346 e. The second-order valence-corrected chi connectivity index (χ2v) is 8.80. The molecule has 2 heterocycles. The Hall–Kier alpha value is -2.49. The first-order chi connectivity index (χ1) is 15.0. The van der Waals surface area contributed by atoms with Crippen molar-refractivity contribution in [2.24, 2.45) is 0 Å². The van der Waals surface area contributed by atoms with Crippen LogP contribution in [0.1, 0.15) is 50.5 Å². The molecule has 0 aliphatic carbocycles. The van der Waals surface area contributed by atoms with Gasteiger partial charge in [-0.3, -0.25) is 5.01 Å². The zero-order valence-corrected chi connectivity index (χ0v) is 19.2. The molecule has 2 aliphatic rings. The lowest BCUT2D eigenvalue weighted by atomic mass is 9.86. The van der Waals surface area contributed by atoms with Crippen molar-refractivity contribution in [3.8, 4) is 11.1 Å². The average Bonchev–Trinajstić information content (AvgIpc) is 2.78. The van der Waals surface area contributed by atoms with E-state index < -0.39 is 0 Å². The predicted molar refractivity (Wildman–Crippen MR) is 133 cm³/mol. The maximum atomic E-state index is 6.99. The molecule has 2 aromatic carbocycles. The highest BCUT2D eigenvalue weighted by atomic mass is 35.5. The molecule has 1 N–H and O–H groups in total. The highest BCUT2D eigenvalue weighted by molar-refractivity contribution is 6.34. The first-order valence-electron chi connectivity index (χ1n) is 11.3. The summed E-state index contributed by atoms with van der Waals surface area (Å²) in [6.07, 6.45) is 5.43. The van der Waals surface area contributed by atoms with Gasteiger partial charge in [0.2, 0.25) is 0 Å². The second-order valence-electron chi connectivity index (χ2n) is 8.43. The van der Waals surface area contributed by atoms with Crippen LogP contribution in [-0.2, 0) is 0 Å². The predicted octanol–water partition coefficient (Wildman–Crippen LogP) is 7.24. The molecule has 0 radical (unpaired) electrons. The minimum Gasteiger partial charge on any atom is -0.346 e. The number of nitrogens with one attached hydrogen (secondary N) is 1. The van der Waals surface area contributed by atoms with Gasteiger partial charge in [0.05, 0.1) is 5.02 Å². The molecule has 1 atom stereocenters. The Kier molecular flexibility index (Phi) is 6.54. The molecule has 2 aromatic rings. The summed E-state index contributed by atoms with van der Waals surface area (Å²) in [5.74, 6) is 0.174. The number of anilines is 1. The van der Waals surface area contributed by atoms with E-state index in [9.17, 15) is 0 Å². The molecule has 3 nitrogen and oxygen atoms in total. The van der Waals surface area contributed by atoms with E-state index in [4.69, 9.17) is 11.6 Å². The van der Waals surface area contributed by atoms with Crippen LogP contribution in [0.25, 0.3) is 11.1 Å². The molecule has 4 heteroatoms. The number of hydrogen-bond acceptors (Lipinski definition) is 3. The van der Waals surface area contributed by atoms with E-state index >= 15 is 0 Å². The third kappa shape index (κ3) is 4.30. The van der Waals surface area contributed by atoms with Crippen LogP contribution in [0.3, 0.4) is 0 Å². The second kappa shape index (κ2) is 9.33. The molecule has 0 spiro atoms. The van der Waals surface area contributed by atoms with E-state index in [1.807, 2.05) is 5.01 Å². The summed E-state index contributed by atoms with van der Waals surface area (Å²) >= 11 is 6.99. The summed E-state index contributed by atoms with van der Waals surface area (Å²) < 4.78 is 0. The minimum absolute atomic E-state index is 0.174. The molecule has 4 rings (SSSR count). The van der Waals surface area contributed by atoms with Gasteiger partial charge in [0.25, 0.3) is 0 Å². The van der Waals surface area contributed by atoms with Gasteiger partial charge in [0.1, 0.15) is 0 Å². The van der Waals surface area contributed by atoms with Crippen LogP contribution in [-0.4, -0.2) is 18.1 Å². The standard InChI is InChI=1S/C27H32ClN3/c1-5-29-31-20(3)12-17-24(21(31)4)26-11-8-10-25(27(26)28)22-13-15-23(16-14-22)30-18-7-6-9-19(30)2/h8,10-11,13-16,24,29H,2-7,9,12,17-18H2,1H3. The number of halogens is 1. The van der Waals surface area contributed by atoms with Crippen molar-refractivity contribution < 1.29 is 0 Å². The Balaban J connectivity index is 1.61. The van der Waals surface area contributed by atoms with Gasteiger partial charge in [0.15, 0.2) is 0 Å². The van der Waals surface area contributed by atoms with Gasteiger partial charge >= 0.3 is 0 Å². The van der Waals surface area contributed by atoms with Gasteiger partial charge < -0.3 is 4.90 Å². The van der Waals surface area contributed by atoms with Crippen LogP contribution in [0.15, 0.2) is 79.3 Å². The van der Waals surface area contributed by atoms with E-state index in [-0.39, 0.29) is 5.92 Å². The van der Waals surface area contributed by atoms with Gasteiger partial charge in [-0.05, 0) is 55.4 Å². The van der Waals surface area contributed by atoms with Crippen molar-refractivity contribution in [1.29, 1.82) is 0 Å². The number of benzene rings is 2. The van der Waals surface area contributed by atoms with Gasteiger partial charge in [-0.15, -0.1) is 0 Å². The molecule has 0 saturated carbocycles. The van der Waals surface area contributed by atoms with Gasteiger partial charge in [-0.2, -0.15) is 0 Å². The lowest BCUT2D eigenvalue weighted by molar-refractivity contribution is 0.259. The monoisotopic (exact) mass is 433 g/mol. The lowest BCUT2D eigenvalue weighted by Crippen LogP contribution is -2.40. The van der Waals surface area contributed by atoms with E-state index in [0.29, 0.717) is 0 Å². The maximum absolute atomic E-state index is 6.99. The lowest BCUT2D eigenvalue weighted by Gasteiger charge is -2.38. The Morgan fingerprint density at radius 1 is 1.00 bits per heavy atom. The fourth-order valence-electron chi connectivity index (χ4n) is 4.72. The van der Waals surface area contributed by atoms with Crippen LogP contribution < -0.4 is 10.3 Å². The zero-order valence-electron chi connectivity index (χ0n) is 18.5. The van der Waals surface area contributed by atoms with Crippen LogP contribution in [0.2, 0.25) is 5.02 Å². The molecule has 1 unspecified atom stereocenters. The third-order valence-electron chi connectivity index (χ3n) is 6.42. The molecule has 162 valence electrons. The molecule has 0 bridgehead atoms. The fourth-order valence-corrected chi connectivity index (χ4v) is 5.09. The van der Waals surface area contributed by atoms with Crippen LogP contribution >= 0.6 is 11.6 Å². The number of nitrogens with zero attached hydrogens (tertiary/aromatic N) is 2. The van der Waals surface area contributed by atoms with E-state index in [0.717, 1.165) is 65.5 Å². The molecule has 2 aliphatic heterocycles. The number of allylic oxidation sites excluding steroid dienone is 3. The van der Waals surface area contributed by atoms with E-state index in [1.54, 1.807) is 0 Å². The Bertz CT molecular complexity index is 992. The van der Waals surface area contributed by atoms with E-state index in [1.165, 1.54) is 24.2 Å². The topological polar surface area (TPSA) is 18.5 Å². The molecular formula is C27H32ClN3. The first kappa shape index (κ1) is 21.7.